The van der Waals surface area contributed by atoms with Gasteiger partial charge in [0.1, 0.15) is 4.88 Å². The number of hydrogen-bond donors (Lipinski definition) is 0. The van der Waals surface area contributed by atoms with Crippen molar-refractivity contribution in [1.29, 1.82) is 0 Å². The molecule has 2 amide bonds. The van der Waals surface area contributed by atoms with Crippen molar-refractivity contribution in [2.24, 2.45) is 11.8 Å². The van der Waals surface area contributed by atoms with Gasteiger partial charge in [-0.1, -0.05) is 36.8 Å². The Hall–Kier alpha value is -2.21. The summed E-state index contributed by atoms with van der Waals surface area (Å²) in [5.41, 5.74) is 2.12. The number of benzene rings is 1. The van der Waals surface area contributed by atoms with E-state index in [9.17, 15) is 9.59 Å². The lowest BCUT2D eigenvalue weighted by molar-refractivity contribution is -0.137. The second kappa shape index (κ2) is 9.94. The first-order valence-corrected chi connectivity index (χ1v) is 12.4. The molecule has 0 saturated carbocycles. The summed E-state index contributed by atoms with van der Waals surface area (Å²) in [6.07, 6.45) is 5.97. The molecule has 6 heteroatoms. The average Bonchev–Trinajstić information content (AvgIpc) is 3.02. The van der Waals surface area contributed by atoms with Gasteiger partial charge in [0.25, 0.3) is 5.91 Å². The van der Waals surface area contributed by atoms with Crippen LogP contribution in [0.15, 0.2) is 30.3 Å². The monoisotopic (exact) mass is 439 g/mol. The fraction of sp³-hybridized carbons (Fsp3) is 0.560. The van der Waals surface area contributed by atoms with Crippen LogP contribution in [-0.2, 0) is 11.2 Å². The van der Waals surface area contributed by atoms with Gasteiger partial charge in [0.05, 0.1) is 10.7 Å². The van der Waals surface area contributed by atoms with E-state index < -0.39 is 0 Å². The van der Waals surface area contributed by atoms with Crippen LogP contribution in [0.3, 0.4) is 0 Å². The highest BCUT2D eigenvalue weighted by Crippen LogP contribution is 2.33. The Labute approximate surface area is 189 Å². The maximum atomic E-state index is 13.4. The van der Waals surface area contributed by atoms with Gasteiger partial charge in [-0.25, -0.2) is 4.98 Å². The second-order valence-electron chi connectivity index (χ2n) is 8.94. The van der Waals surface area contributed by atoms with Crippen LogP contribution in [0.4, 0.5) is 0 Å². The molecule has 2 aliphatic rings. The van der Waals surface area contributed by atoms with Crippen LogP contribution in [0.1, 0.15) is 58.0 Å². The summed E-state index contributed by atoms with van der Waals surface area (Å²) in [7, 11) is 0. The summed E-state index contributed by atoms with van der Waals surface area (Å²) in [4.78, 5) is 35.6. The van der Waals surface area contributed by atoms with Crippen LogP contribution in [-0.4, -0.2) is 52.8 Å². The first-order chi connectivity index (χ1) is 15.0. The van der Waals surface area contributed by atoms with Crippen molar-refractivity contribution in [3.8, 4) is 0 Å². The predicted molar refractivity (Wildman–Crippen MR) is 124 cm³/mol. The molecular weight excluding hydrogens is 406 g/mol. The summed E-state index contributed by atoms with van der Waals surface area (Å²) in [5, 5.41) is 0.940. The summed E-state index contributed by atoms with van der Waals surface area (Å²) >= 11 is 1.49. The van der Waals surface area contributed by atoms with Crippen molar-refractivity contribution in [1.82, 2.24) is 14.8 Å². The van der Waals surface area contributed by atoms with E-state index >= 15 is 0 Å². The number of thiazole rings is 1. The molecule has 5 nitrogen and oxygen atoms in total. The van der Waals surface area contributed by atoms with Gasteiger partial charge in [0.2, 0.25) is 5.91 Å². The highest BCUT2D eigenvalue weighted by Gasteiger charge is 2.36. The molecule has 1 aromatic heterocycles. The Balaban J connectivity index is 1.35. The molecule has 2 fully saturated rings. The van der Waals surface area contributed by atoms with E-state index in [0.29, 0.717) is 11.8 Å². The predicted octanol–water partition coefficient (Wildman–Crippen LogP) is 4.48. The maximum absolute atomic E-state index is 13.4. The third kappa shape index (κ3) is 5.17. The topological polar surface area (TPSA) is 53.5 Å². The maximum Gasteiger partial charge on any atom is 0.265 e. The first-order valence-electron chi connectivity index (χ1n) is 11.6. The van der Waals surface area contributed by atoms with Gasteiger partial charge < -0.3 is 9.80 Å². The van der Waals surface area contributed by atoms with Crippen LogP contribution < -0.4 is 0 Å². The van der Waals surface area contributed by atoms with E-state index in [2.05, 4.69) is 34.1 Å². The number of rotatable bonds is 5. The zero-order chi connectivity index (χ0) is 21.8. The number of aromatic nitrogens is 1. The van der Waals surface area contributed by atoms with Crippen molar-refractivity contribution in [3.63, 3.8) is 0 Å². The summed E-state index contributed by atoms with van der Waals surface area (Å²) in [5.74, 6) is 0.950. The van der Waals surface area contributed by atoms with E-state index in [1.807, 2.05) is 24.8 Å². The van der Waals surface area contributed by atoms with Gasteiger partial charge in [0.15, 0.2) is 0 Å². The number of likely N-dealkylation sites (tertiary alicyclic amines) is 2. The third-order valence-corrected chi connectivity index (χ3v) is 7.89. The standard InChI is InChI=1S/C25H33N3O2S/c1-18-23(31-19(2)26-18)25(30)28-16-12-21(13-17-28)22-10-6-7-14-27(24(22)29)15-11-20-8-4-3-5-9-20/h3-5,8-9,21-22H,6-7,10-17H2,1-2H3/t22-/m1/s1. The molecule has 3 heterocycles. The van der Waals surface area contributed by atoms with Gasteiger partial charge in [-0.05, 0) is 57.4 Å². The highest BCUT2D eigenvalue weighted by atomic mass is 32.1. The Morgan fingerprint density at radius 3 is 2.48 bits per heavy atom. The number of piperidine rings is 1. The Morgan fingerprint density at radius 1 is 1.06 bits per heavy atom. The SMILES string of the molecule is Cc1nc(C)c(C(=O)N2CCC([C@H]3CCCCN(CCc4ccccc4)C3=O)CC2)s1. The molecule has 0 radical (unpaired) electrons. The van der Waals surface area contributed by atoms with Gasteiger partial charge in [-0.3, -0.25) is 9.59 Å². The number of nitrogens with zero attached hydrogens (tertiary/aromatic N) is 3. The van der Waals surface area contributed by atoms with Crippen LogP contribution >= 0.6 is 11.3 Å². The number of hydrogen-bond acceptors (Lipinski definition) is 4. The van der Waals surface area contributed by atoms with Crippen LogP contribution in [0, 0.1) is 25.7 Å². The first kappa shape index (κ1) is 22.0. The molecule has 2 aromatic rings. The smallest absolute Gasteiger partial charge is 0.265 e. The van der Waals surface area contributed by atoms with Crippen LogP contribution in [0.5, 0.6) is 0 Å². The average molecular weight is 440 g/mol. The third-order valence-electron chi connectivity index (χ3n) is 6.83. The van der Waals surface area contributed by atoms with Crippen molar-refractivity contribution in [2.45, 2.75) is 52.4 Å². The normalized spacial score (nSPS) is 20.7. The molecule has 2 aliphatic heterocycles. The largest absolute Gasteiger partial charge is 0.342 e. The van der Waals surface area contributed by atoms with E-state index in [-0.39, 0.29) is 11.8 Å². The lowest BCUT2D eigenvalue weighted by Crippen LogP contribution is -2.44. The second-order valence-corrected chi connectivity index (χ2v) is 10.1. The number of carbonyl (C=O) groups is 2. The number of amides is 2. The molecular formula is C25H33N3O2S. The lowest BCUT2D eigenvalue weighted by Gasteiger charge is -2.36. The molecule has 0 spiro atoms. The zero-order valence-corrected chi connectivity index (χ0v) is 19.5. The molecule has 0 unspecified atom stereocenters. The van der Waals surface area contributed by atoms with Gasteiger partial charge in [0, 0.05) is 32.1 Å². The van der Waals surface area contributed by atoms with Crippen LogP contribution in [0.25, 0.3) is 0 Å². The van der Waals surface area contributed by atoms with E-state index in [4.69, 9.17) is 0 Å². The molecule has 31 heavy (non-hydrogen) atoms. The van der Waals surface area contributed by atoms with Crippen molar-refractivity contribution < 1.29 is 9.59 Å². The van der Waals surface area contributed by atoms with Crippen molar-refractivity contribution in [2.75, 3.05) is 26.2 Å². The van der Waals surface area contributed by atoms with Gasteiger partial charge in [-0.2, -0.15) is 0 Å². The van der Waals surface area contributed by atoms with E-state index in [0.717, 1.165) is 80.3 Å². The quantitative estimate of drug-likeness (QED) is 0.690. The van der Waals surface area contributed by atoms with Crippen LogP contribution in [0.2, 0.25) is 0 Å². The Morgan fingerprint density at radius 2 is 1.81 bits per heavy atom. The Kier molecular flexibility index (Phi) is 7.06. The fourth-order valence-corrected chi connectivity index (χ4v) is 5.97. The minimum Gasteiger partial charge on any atom is -0.342 e. The molecule has 1 aromatic carbocycles. The molecule has 2 saturated heterocycles. The van der Waals surface area contributed by atoms with E-state index in [1.54, 1.807) is 0 Å². The number of carbonyl (C=O) groups excluding carboxylic acids is 2. The molecule has 0 aliphatic carbocycles. The Bertz CT molecular complexity index is 903. The van der Waals surface area contributed by atoms with Gasteiger partial charge in [-0.15, -0.1) is 11.3 Å². The molecule has 166 valence electrons. The minimum absolute atomic E-state index is 0.109. The summed E-state index contributed by atoms with van der Waals surface area (Å²) in [6, 6.07) is 10.4. The lowest BCUT2D eigenvalue weighted by atomic mass is 9.81. The summed E-state index contributed by atoms with van der Waals surface area (Å²) in [6.45, 7) is 7.03. The fourth-order valence-electron chi connectivity index (χ4n) is 5.08. The molecule has 1 atom stereocenters. The highest BCUT2D eigenvalue weighted by molar-refractivity contribution is 7.13. The summed E-state index contributed by atoms with van der Waals surface area (Å²) < 4.78 is 0. The van der Waals surface area contributed by atoms with Crippen molar-refractivity contribution >= 4 is 23.2 Å². The van der Waals surface area contributed by atoms with E-state index in [1.165, 1.54) is 16.9 Å². The zero-order valence-electron chi connectivity index (χ0n) is 18.7. The molecule has 4 rings (SSSR count). The molecule has 0 N–H and O–H groups in total. The van der Waals surface area contributed by atoms with Crippen molar-refractivity contribution in [3.05, 3.63) is 51.5 Å². The minimum atomic E-state index is 0.109. The van der Waals surface area contributed by atoms with Gasteiger partial charge >= 0.3 is 0 Å². The molecule has 0 bridgehead atoms. The number of aryl methyl sites for hydroxylation is 2.